The van der Waals surface area contributed by atoms with Gasteiger partial charge < -0.3 is 16.0 Å². The Morgan fingerprint density at radius 1 is 1.35 bits per heavy atom. The fourth-order valence-electron chi connectivity index (χ4n) is 1.31. The van der Waals surface area contributed by atoms with Gasteiger partial charge >= 0.3 is 0 Å². The van der Waals surface area contributed by atoms with Crippen LogP contribution in [-0.2, 0) is 14.4 Å². The van der Waals surface area contributed by atoms with Gasteiger partial charge in [-0.05, 0) is 13.8 Å². The summed E-state index contributed by atoms with van der Waals surface area (Å²) in [6, 6.07) is -0.913. The molecule has 0 aromatic rings. The molecule has 0 saturated carbocycles. The summed E-state index contributed by atoms with van der Waals surface area (Å²) < 4.78 is 0. The number of carbonyl (C=O) groups is 3. The molecule has 0 fully saturated rings. The number of hydrogen-bond donors (Lipinski definition) is 3. The monoisotopic (exact) mass is 261 g/mol. The van der Waals surface area contributed by atoms with Crippen LogP contribution >= 0.6 is 12.6 Å². The Labute approximate surface area is 106 Å². The lowest BCUT2D eigenvalue weighted by Crippen LogP contribution is -2.53. The summed E-state index contributed by atoms with van der Waals surface area (Å²) in [5, 5.41) is 2.48. The van der Waals surface area contributed by atoms with Crippen LogP contribution in [0.4, 0.5) is 0 Å². The van der Waals surface area contributed by atoms with Crippen LogP contribution in [0, 0.1) is 0 Å². The van der Waals surface area contributed by atoms with Crippen LogP contribution < -0.4 is 11.1 Å². The second-order valence-corrected chi connectivity index (χ2v) is 4.33. The van der Waals surface area contributed by atoms with Crippen molar-refractivity contribution in [3.63, 3.8) is 0 Å². The number of nitrogens with one attached hydrogen (secondary N) is 1. The van der Waals surface area contributed by atoms with E-state index < -0.39 is 11.9 Å². The highest BCUT2D eigenvalue weighted by Gasteiger charge is 2.26. The highest BCUT2D eigenvalue weighted by molar-refractivity contribution is 7.80. The summed E-state index contributed by atoms with van der Waals surface area (Å²) in [5.41, 5.74) is 5.07. The zero-order valence-electron chi connectivity index (χ0n) is 10.3. The molecule has 1 unspecified atom stereocenters. The molecule has 3 amide bonds. The van der Waals surface area contributed by atoms with E-state index in [0.717, 1.165) is 0 Å². The fourth-order valence-corrected chi connectivity index (χ4v) is 1.56. The summed E-state index contributed by atoms with van der Waals surface area (Å²) >= 11 is 4.00. The van der Waals surface area contributed by atoms with Crippen LogP contribution in [0.5, 0.6) is 0 Å². The molecule has 17 heavy (non-hydrogen) atoms. The molecule has 0 radical (unpaired) electrons. The number of thiol groups is 1. The maximum atomic E-state index is 12.0. The lowest BCUT2D eigenvalue weighted by atomic mass is 10.2. The average Bonchev–Trinajstić information content (AvgIpc) is 2.20. The van der Waals surface area contributed by atoms with E-state index in [2.05, 4.69) is 17.9 Å². The van der Waals surface area contributed by atoms with Crippen LogP contribution in [-0.4, -0.2) is 47.0 Å². The molecule has 0 aromatic heterocycles. The topological polar surface area (TPSA) is 92.5 Å². The molecule has 0 heterocycles. The molecule has 0 aliphatic heterocycles. The number of amides is 3. The van der Waals surface area contributed by atoms with E-state index in [9.17, 15) is 14.4 Å². The van der Waals surface area contributed by atoms with Gasteiger partial charge in [-0.1, -0.05) is 0 Å². The average molecular weight is 261 g/mol. The first kappa shape index (κ1) is 15.8. The van der Waals surface area contributed by atoms with Crippen molar-refractivity contribution in [3.8, 4) is 0 Å². The van der Waals surface area contributed by atoms with Crippen LogP contribution in [0.3, 0.4) is 0 Å². The van der Waals surface area contributed by atoms with Gasteiger partial charge in [0.2, 0.25) is 17.7 Å². The predicted molar refractivity (Wildman–Crippen MR) is 67.5 cm³/mol. The molecule has 0 aromatic carbocycles. The van der Waals surface area contributed by atoms with Crippen molar-refractivity contribution in [2.75, 3.05) is 12.3 Å². The minimum absolute atomic E-state index is 0.166. The second-order valence-electron chi connectivity index (χ2n) is 3.96. The van der Waals surface area contributed by atoms with Crippen molar-refractivity contribution in [1.82, 2.24) is 10.2 Å². The Morgan fingerprint density at radius 3 is 2.18 bits per heavy atom. The summed E-state index contributed by atoms with van der Waals surface area (Å²) in [6.45, 7) is 4.69. The quantitative estimate of drug-likeness (QED) is 0.543. The molecule has 0 saturated heterocycles. The molecule has 98 valence electrons. The third-order valence-electron chi connectivity index (χ3n) is 2.09. The van der Waals surface area contributed by atoms with Crippen molar-refractivity contribution < 1.29 is 14.4 Å². The van der Waals surface area contributed by atoms with Crippen LogP contribution in [0.25, 0.3) is 0 Å². The first-order valence-corrected chi connectivity index (χ1v) is 5.89. The maximum Gasteiger partial charge on any atom is 0.246 e. The van der Waals surface area contributed by atoms with Gasteiger partial charge in [0.15, 0.2) is 0 Å². The zero-order valence-corrected chi connectivity index (χ0v) is 11.2. The van der Waals surface area contributed by atoms with Gasteiger partial charge in [-0.2, -0.15) is 12.6 Å². The van der Waals surface area contributed by atoms with Gasteiger partial charge in [-0.25, -0.2) is 0 Å². The minimum atomic E-state index is -0.738. The van der Waals surface area contributed by atoms with Gasteiger partial charge in [0.05, 0.1) is 6.54 Å². The fraction of sp³-hybridized carbons (Fsp3) is 0.700. The Kier molecular flexibility index (Phi) is 6.64. The predicted octanol–water partition coefficient (Wildman–Crippen LogP) is -0.857. The number of rotatable bonds is 6. The van der Waals surface area contributed by atoms with Crippen molar-refractivity contribution >= 4 is 30.4 Å². The molecule has 7 heteroatoms. The molecule has 0 bridgehead atoms. The third kappa shape index (κ3) is 5.58. The second kappa shape index (κ2) is 7.16. The molecule has 6 nitrogen and oxygen atoms in total. The largest absolute Gasteiger partial charge is 0.368 e. The number of primary amides is 1. The van der Waals surface area contributed by atoms with Crippen molar-refractivity contribution in [2.24, 2.45) is 5.73 Å². The lowest BCUT2D eigenvalue weighted by molar-refractivity contribution is -0.139. The highest BCUT2D eigenvalue weighted by atomic mass is 32.1. The summed E-state index contributed by atoms with van der Waals surface area (Å²) in [5.74, 6) is -1.10. The Hall–Kier alpha value is -1.24. The lowest BCUT2D eigenvalue weighted by Gasteiger charge is -2.29. The molecular formula is C10H19N3O3S. The molecule has 0 spiro atoms. The molecule has 3 N–H and O–H groups in total. The van der Waals surface area contributed by atoms with Gasteiger partial charge in [0.25, 0.3) is 0 Å². The summed E-state index contributed by atoms with van der Waals surface area (Å²) in [6.07, 6.45) is 0. The Balaban J connectivity index is 4.78. The highest BCUT2D eigenvalue weighted by Crippen LogP contribution is 2.03. The van der Waals surface area contributed by atoms with E-state index in [1.165, 1.54) is 11.8 Å². The summed E-state index contributed by atoms with van der Waals surface area (Å²) in [7, 11) is 0. The molecule has 0 rings (SSSR count). The number of carbonyl (C=O) groups excluding carboxylic acids is 3. The number of nitrogens with two attached hydrogens (primary N) is 1. The molecule has 0 aliphatic carbocycles. The SMILES string of the molecule is CC(=O)NC(CS)C(=O)N(CC(N)=O)C(C)C. The van der Waals surface area contributed by atoms with E-state index in [1.807, 2.05) is 0 Å². The van der Waals surface area contributed by atoms with E-state index in [0.29, 0.717) is 0 Å². The van der Waals surface area contributed by atoms with Crippen molar-refractivity contribution in [3.05, 3.63) is 0 Å². The first-order valence-electron chi connectivity index (χ1n) is 5.26. The van der Waals surface area contributed by atoms with E-state index in [-0.39, 0.29) is 30.2 Å². The normalized spacial score (nSPS) is 12.1. The van der Waals surface area contributed by atoms with Gasteiger partial charge in [-0.15, -0.1) is 0 Å². The molecule has 1 atom stereocenters. The minimum Gasteiger partial charge on any atom is -0.368 e. The number of nitrogens with zero attached hydrogens (tertiary/aromatic N) is 1. The van der Waals surface area contributed by atoms with Gasteiger partial charge in [-0.3, -0.25) is 14.4 Å². The van der Waals surface area contributed by atoms with Crippen LogP contribution in [0.15, 0.2) is 0 Å². The molecular weight excluding hydrogens is 242 g/mol. The van der Waals surface area contributed by atoms with Crippen LogP contribution in [0.2, 0.25) is 0 Å². The van der Waals surface area contributed by atoms with Crippen LogP contribution in [0.1, 0.15) is 20.8 Å². The van der Waals surface area contributed by atoms with E-state index in [4.69, 9.17) is 5.73 Å². The zero-order chi connectivity index (χ0) is 13.6. The van der Waals surface area contributed by atoms with E-state index in [1.54, 1.807) is 13.8 Å². The molecule has 0 aliphatic rings. The van der Waals surface area contributed by atoms with Gasteiger partial charge in [0.1, 0.15) is 6.04 Å². The van der Waals surface area contributed by atoms with Crippen molar-refractivity contribution in [1.29, 1.82) is 0 Å². The first-order chi connectivity index (χ1) is 7.79. The third-order valence-corrected chi connectivity index (χ3v) is 2.46. The Bertz CT molecular complexity index is 307. The van der Waals surface area contributed by atoms with Crippen molar-refractivity contribution in [2.45, 2.75) is 32.9 Å². The summed E-state index contributed by atoms with van der Waals surface area (Å²) in [4.78, 5) is 35.2. The van der Waals surface area contributed by atoms with E-state index >= 15 is 0 Å². The van der Waals surface area contributed by atoms with Gasteiger partial charge in [0, 0.05) is 18.7 Å². The maximum absolute atomic E-state index is 12.0. The smallest absolute Gasteiger partial charge is 0.246 e. The Morgan fingerprint density at radius 2 is 1.88 bits per heavy atom. The number of hydrogen-bond acceptors (Lipinski definition) is 4. The standard InChI is InChI=1S/C10H19N3O3S/c1-6(2)13(4-9(11)15)10(16)8(5-17)12-7(3)14/h6,8,17H,4-5H2,1-3H3,(H2,11,15)(H,12,14).